The highest BCUT2D eigenvalue weighted by Crippen LogP contribution is 2.36. The lowest BCUT2D eigenvalue weighted by Gasteiger charge is -2.24. The summed E-state index contributed by atoms with van der Waals surface area (Å²) >= 11 is 0. The van der Waals surface area contributed by atoms with Gasteiger partial charge in [-0.15, -0.1) is 0 Å². The number of nitrogens with zero attached hydrogens (tertiary/aromatic N) is 3. The Labute approximate surface area is 112 Å². The van der Waals surface area contributed by atoms with Crippen LogP contribution in [0.3, 0.4) is 0 Å². The fourth-order valence-electron chi connectivity index (χ4n) is 2.41. The zero-order valence-electron chi connectivity index (χ0n) is 11.4. The average molecular weight is 265 g/mol. The number of nitrogens with one attached hydrogen (secondary N) is 1. The molecule has 1 aromatic heterocycles. The van der Waals surface area contributed by atoms with Gasteiger partial charge in [0.25, 0.3) is 0 Å². The molecule has 1 aromatic rings. The van der Waals surface area contributed by atoms with E-state index in [0.29, 0.717) is 23.9 Å². The van der Waals surface area contributed by atoms with E-state index in [0.717, 1.165) is 13.0 Å². The van der Waals surface area contributed by atoms with E-state index in [-0.39, 0.29) is 5.91 Å². The molecule has 0 aliphatic carbocycles. The largest absolute Gasteiger partial charge is 0.479 e. The Morgan fingerprint density at radius 2 is 2.32 bits per heavy atom. The summed E-state index contributed by atoms with van der Waals surface area (Å²) in [5.41, 5.74) is 5.97. The summed E-state index contributed by atoms with van der Waals surface area (Å²) in [5.74, 6) is 1.02. The van der Waals surface area contributed by atoms with Gasteiger partial charge in [-0.1, -0.05) is 0 Å². The van der Waals surface area contributed by atoms with Crippen molar-refractivity contribution in [3.05, 3.63) is 6.33 Å². The van der Waals surface area contributed by atoms with Gasteiger partial charge in [0.15, 0.2) is 5.82 Å². The predicted molar refractivity (Wildman–Crippen MR) is 72.0 cm³/mol. The molecule has 7 nitrogen and oxygen atoms in total. The van der Waals surface area contributed by atoms with Gasteiger partial charge >= 0.3 is 0 Å². The van der Waals surface area contributed by atoms with Crippen molar-refractivity contribution in [2.75, 3.05) is 37.9 Å². The van der Waals surface area contributed by atoms with E-state index in [2.05, 4.69) is 15.3 Å². The number of aromatic nitrogens is 2. The van der Waals surface area contributed by atoms with Crippen LogP contribution >= 0.6 is 0 Å². The van der Waals surface area contributed by atoms with Crippen LogP contribution in [0.2, 0.25) is 0 Å². The maximum absolute atomic E-state index is 11.9. The van der Waals surface area contributed by atoms with Gasteiger partial charge in [0, 0.05) is 20.1 Å². The molecule has 104 valence electrons. The second kappa shape index (κ2) is 4.91. The first-order chi connectivity index (χ1) is 9.01. The van der Waals surface area contributed by atoms with Crippen molar-refractivity contribution in [3.63, 3.8) is 0 Å². The van der Waals surface area contributed by atoms with Crippen molar-refractivity contribution >= 4 is 17.4 Å². The lowest BCUT2D eigenvalue weighted by Crippen LogP contribution is -2.39. The molecule has 1 fully saturated rings. The van der Waals surface area contributed by atoms with Crippen LogP contribution in [0.25, 0.3) is 0 Å². The summed E-state index contributed by atoms with van der Waals surface area (Å²) in [4.78, 5) is 22.0. The highest BCUT2D eigenvalue weighted by atomic mass is 16.5. The van der Waals surface area contributed by atoms with Gasteiger partial charge in [0.2, 0.25) is 11.8 Å². The Morgan fingerprint density at radius 1 is 1.58 bits per heavy atom. The summed E-state index contributed by atoms with van der Waals surface area (Å²) in [6.07, 6.45) is 2.18. The smallest absolute Gasteiger partial charge is 0.242 e. The molecule has 0 radical (unpaired) electrons. The number of hydrogen-bond donors (Lipinski definition) is 2. The highest BCUT2D eigenvalue weighted by Gasteiger charge is 2.40. The number of amides is 1. The molecule has 2 rings (SSSR count). The highest BCUT2D eigenvalue weighted by molar-refractivity contribution is 5.84. The predicted octanol–water partition coefficient (Wildman–Crippen LogP) is 0.0298. The van der Waals surface area contributed by atoms with Crippen molar-refractivity contribution in [1.82, 2.24) is 15.3 Å². The van der Waals surface area contributed by atoms with E-state index in [1.807, 2.05) is 11.8 Å². The van der Waals surface area contributed by atoms with E-state index < -0.39 is 5.41 Å². The van der Waals surface area contributed by atoms with Crippen LogP contribution in [-0.2, 0) is 4.79 Å². The molecular weight excluding hydrogens is 246 g/mol. The molecule has 0 bridgehead atoms. The maximum Gasteiger partial charge on any atom is 0.242 e. The molecule has 1 aliphatic heterocycles. The maximum atomic E-state index is 11.9. The molecule has 7 heteroatoms. The second-order valence-electron chi connectivity index (χ2n) is 4.93. The van der Waals surface area contributed by atoms with E-state index in [9.17, 15) is 4.79 Å². The lowest BCUT2D eigenvalue weighted by atomic mass is 9.89. The van der Waals surface area contributed by atoms with Gasteiger partial charge in [-0.25, -0.2) is 4.98 Å². The molecule has 1 amide bonds. The normalized spacial score (nSPS) is 22.4. The molecule has 2 heterocycles. The van der Waals surface area contributed by atoms with Gasteiger partial charge < -0.3 is 20.7 Å². The third-order valence-corrected chi connectivity index (χ3v) is 3.57. The molecule has 0 aromatic carbocycles. The average Bonchev–Trinajstić information content (AvgIpc) is 2.82. The summed E-state index contributed by atoms with van der Waals surface area (Å²) in [7, 11) is 3.17. The van der Waals surface area contributed by atoms with Crippen molar-refractivity contribution < 1.29 is 9.53 Å². The van der Waals surface area contributed by atoms with Gasteiger partial charge in [-0.3, -0.25) is 4.79 Å². The Morgan fingerprint density at radius 3 is 2.95 bits per heavy atom. The van der Waals surface area contributed by atoms with Crippen LogP contribution < -0.4 is 20.7 Å². The zero-order chi connectivity index (χ0) is 14.0. The van der Waals surface area contributed by atoms with Crippen LogP contribution in [0.4, 0.5) is 11.5 Å². The monoisotopic (exact) mass is 265 g/mol. The Hall–Kier alpha value is -2.05. The molecule has 1 unspecified atom stereocenters. The molecule has 1 atom stereocenters. The standard InChI is InChI=1S/C12H19N5O2/c1-12(11(18)14-2)4-5-17(6-12)9-8(13)10(19-3)16-7-15-9/h7H,4-6,13H2,1-3H3,(H,14,18). The molecule has 0 saturated carbocycles. The Bertz CT molecular complexity index is 493. The van der Waals surface area contributed by atoms with Crippen LogP contribution in [-0.4, -0.2) is 43.1 Å². The van der Waals surface area contributed by atoms with Crippen molar-refractivity contribution in [3.8, 4) is 5.88 Å². The third-order valence-electron chi connectivity index (χ3n) is 3.57. The first-order valence-corrected chi connectivity index (χ1v) is 6.13. The summed E-state index contributed by atoms with van der Waals surface area (Å²) in [6, 6.07) is 0. The van der Waals surface area contributed by atoms with Crippen LogP contribution in [0.15, 0.2) is 6.33 Å². The van der Waals surface area contributed by atoms with Gasteiger partial charge in [0.1, 0.15) is 12.0 Å². The Balaban J connectivity index is 2.24. The van der Waals surface area contributed by atoms with Gasteiger partial charge in [0.05, 0.1) is 12.5 Å². The summed E-state index contributed by atoms with van der Waals surface area (Å²) in [5, 5.41) is 2.70. The molecule has 1 aliphatic rings. The van der Waals surface area contributed by atoms with E-state index in [1.165, 1.54) is 13.4 Å². The second-order valence-corrected chi connectivity index (χ2v) is 4.93. The third kappa shape index (κ3) is 2.27. The minimum absolute atomic E-state index is 0.0367. The fraction of sp³-hybridized carbons (Fsp3) is 0.583. The summed E-state index contributed by atoms with van der Waals surface area (Å²) in [6.45, 7) is 3.26. The van der Waals surface area contributed by atoms with Crippen molar-refractivity contribution in [1.29, 1.82) is 0 Å². The van der Waals surface area contributed by atoms with E-state index in [4.69, 9.17) is 10.5 Å². The molecule has 0 spiro atoms. The molecular formula is C12H19N5O2. The first-order valence-electron chi connectivity index (χ1n) is 6.13. The number of nitrogens with two attached hydrogens (primary N) is 1. The van der Waals surface area contributed by atoms with Crippen LogP contribution in [0.5, 0.6) is 5.88 Å². The van der Waals surface area contributed by atoms with Crippen LogP contribution in [0, 0.1) is 5.41 Å². The number of carbonyl (C=O) groups is 1. The zero-order valence-corrected chi connectivity index (χ0v) is 11.4. The first kappa shape index (κ1) is 13.4. The number of ether oxygens (including phenoxy) is 1. The van der Waals surface area contributed by atoms with Crippen molar-refractivity contribution in [2.45, 2.75) is 13.3 Å². The summed E-state index contributed by atoms with van der Waals surface area (Å²) < 4.78 is 5.08. The fourth-order valence-corrected chi connectivity index (χ4v) is 2.41. The van der Waals surface area contributed by atoms with Crippen LogP contribution in [0.1, 0.15) is 13.3 Å². The number of hydrogen-bond acceptors (Lipinski definition) is 6. The number of methoxy groups -OCH3 is 1. The minimum Gasteiger partial charge on any atom is -0.479 e. The number of carbonyl (C=O) groups excluding carboxylic acids is 1. The molecule has 19 heavy (non-hydrogen) atoms. The molecule has 3 N–H and O–H groups in total. The SMILES string of the molecule is CNC(=O)C1(C)CCN(c2ncnc(OC)c2N)C1. The van der Waals surface area contributed by atoms with Crippen molar-refractivity contribution in [2.24, 2.45) is 5.41 Å². The molecule has 1 saturated heterocycles. The Kier molecular flexibility index (Phi) is 3.46. The number of rotatable bonds is 3. The van der Waals surface area contributed by atoms with E-state index >= 15 is 0 Å². The lowest BCUT2D eigenvalue weighted by molar-refractivity contribution is -0.128. The quantitative estimate of drug-likeness (QED) is 0.801. The van der Waals surface area contributed by atoms with E-state index in [1.54, 1.807) is 7.05 Å². The minimum atomic E-state index is -0.417. The number of anilines is 2. The van der Waals surface area contributed by atoms with Gasteiger partial charge in [-0.05, 0) is 13.3 Å². The number of nitrogen functional groups attached to an aromatic ring is 1. The topological polar surface area (TPSA) is 93.4 Å². The van der Waals surface area contributed by atoms with Gasteiger partial charge in [-0.2, -0.15) is 4.98 Å².